The molecular weight excluding hydrogens is 1070 g/mol. The van der Waals surface area contributed by atoms with Gasteiger partial charge < -0.3 is 54.0 Å². The van der Waals surface area contributed by atoms with Crippen molar-refractivity contribution < 1.29 is 80.2 Å². The number of para-hydroxylation sites is 2. The fourth-order valence-electron chi connectivity index (χ4n) is 7.60. The Bertz CT molecular complexity index is 3760. The highest BCUT2D eigenvalue weighted by Gasteiger charge is 2.48. The summed E-state index contributed by atoms with van der Waals surface area (Å²) < 4.78 is 96.1. The molecule has 1 aliphatic heterocycles. The van der Waals surface area contributed by atoms with Gasteiger partial charge in [-0.1, -0.05) is 24.3 Å². The number of methoxy groups -OCH3 is 2. The first-order valence-electron chi connectivity index (χ1n) is 23.4. The summed E-state index contributed by atoms with van der Waals surface area (Å²) in [7, 11) is -6.29. The zero-order valence-corrected chi connectivity index (χ0v) is 43.5. The summed E-state index contributed by atoms with van der Waals surface area (Å²) in [5.74, 6) is -4.30. The molecule has 26 nitrogen and oxygen atoms in total. The number of pyridine rings is 4. The third-order valence-corrected chi connectivity index (χ3v) is 14.2. The Morgan fingerprint density at radius 3 is 1.70 bits per heavy atom. The standard InChI is InChI=1S/C51H46N10O16S2/c1-27-9-13-36(53-24-27)78(68,69)59-46-42(48(72-3)57-44(55-46)30-15-19-52-20-16-30)74-33-12-11-29(23-32(33)62)26-61-21-17-31(18-22-61)45-56-47(60-79(70,71)37-14-10-28(2)25-54-37)43(49(58-45)73-4)75-34-7-5-6-8-35(34)76-51-40(65)38(63)39(64)41(77-51)50(66)67/h5-25,38-41,51,63-65H,26H2,1-4H3,(H3-,55,56,57,58,59,60,62,66,67)/p+1. The van der Waals surface area contributed by atoms with Crippen molar-refractivity contribution in [1.29, 1.82) is 0 Å². The van der Waals surface area contributed by atoms with Crippen LogP contribution < -0.4 is 37.7 Å². The zero-order valence-electron chi connectivity index (χ0n) is 41.8. The Labute approximate surface area is 449 Å². The molecule has 0 bridgehead atoms. The van der Waals surface area contributed by atoms with Crippen molar-refractivity contribution >= 4 is 37.7 Å². The van der Waals surface area contributed by atoms with E-state index >= 15 is 0 Å². The summed E-state index contributed by atoms with van der Waals surface area (Å²) in [6.07, 6.45) is -0.616. The highest BCUT2D eigenvalue weighted by Crippen LogP contribution is 2.44. The molecule has 408 valence electrons. The largest absolute Gasteiger partial charge is 0.504 e. The average molecular weight is 1120 g/mol. The molecule has 5 unspecified atom stereocenters. The van der Waals surface area contributed by atoms with Gasteiger partial charge in [-0.2, -0.15) is 26.8 Å². The van der Waals surface area contributed by atoms with Crippen LogP contribution in [0.2, 0.25) is 0 Å². The minimum absolute atomic E-state index is 0.0504. The topological polar surface area (TPSA) is 360 Å². The fraction of sp³-hybridized carbons (Fsp3) is 0.196. The van der Waals surface area contributed by atoms with Gasteiger partial charge in [0.15, 0.2) is 81.4 Å². The van der Waals surface area contributed by atoms with Crippen LogP contribution in [0.5, 0.6) is 46.3 Å². The number of aliphatic carboxylic acids is 1. The Hall–Kier alpha value is -9.19. The third kappa shape index (κ3) is 12.2. The summed E-state index contributed by atoms with van der Waals surface area (Å²) in [5, 5.41) is 51.5. The first kappa shape index (κ1) is 54.6. The van der Waals surface area contributed by atoms with Gasteiger partial charge in [-0.3, -0.25) is 14.4 Å². The van der Waals surface area contributed by atoms with Gasteiger partial charge in [0.1, 0.15) is 18.3 Å². The third-order valence-electron chi connectivity index (χ3n) is 11.6. The number of nitrogens with one attached hydrogen (secondary N) is 2. The van der Waals surface area contributed by atoms with Crippen LogP contribution in [0.15, 0.2) is 138 Å². The van der Waals surface area contributed by atoms with Gasteiger partial charge in [0, 0.05) is 53.6 Å². The quantitative estimate of drug-likeness (QED) is 0.0564. The Morgan fingerprint density at radius 2 is 1.19 bits per heavy atom. The lowest BCUT2D eigenvalue weighted by Crippen LogP contribution is -2.61. The molecule has 1 saturated heterocycles. The SMILES string of the molecule is COc1nc(-c2ccncc2)nc(NS(=O)(=O)c2ccc(C)cn2)c1Oc1ccc(C[n+]2ccc(-c3nc(NS(=O)(=O)c4ccc(C)cn4)c(Oc4ccccc4OC4OC(C(=O)O)C(O)C(O)C4O)c(OC)n3)cc2)cc1O. The van der Waals surface area contributed by atoms with E-state index in [1.54, 1.807) is 73.3 Å². The highest BCUT2D eigenvalue weighted by atomic mass is 32.2. The molecule has 8 aromatic rings. The van der Waals surface area contributed by atoms with Crippen molar-refractivity contribution in [2.45, 2.75) is 61.2 Å². The molecule has 28 heteroatoms. The zero-order chi connectivity index (χ0) is 56.2. The molecule has 6 aromatic heterocycles. The molecule has 5 atom stereocenters. The number of aromatic nitrogens is 8. The van der Waals surface area contributed by atoms with E-state index in [1.165, 1.54) is 87.5 Å². The normalized spacial score (nSPS) is 17.3. The molecule has 0 amide bonds. The number of aryl methyl sites for hydroxylation is 2. The number of phenolic OH excluding ortho intramolecular Hbond substituents is 1. The van der Waals surface area contributed by atoms with Gasteiger partial charge in [-0.25, -0.2) is 29.3 Å². The minimum Gasteiger partial charge on any atom is -0.504 e. The van der Waals surface area contributed by atoms with Crippen LogP contribution in [0, 0.1) is 13.8 Å². The molecule has 7 N–H and O–H groups in total. The van der Waals surface area contributed by atoms with Crippen LogP contribution in [0.1, 0.15) is 16.7 Å². The van der Waals surface area contributed by atoms with E-state index in [0.29, 0.717) is 22.3 Å². The number of anilines is 2. The average Bonchev–Trinajstić information content (AvgIpc) is 3.55. The first-order valence-corrected chi connectivity index (χ1v) is 26.4. The van der Waals surface area contributed by atoms with E-state index in [2.05, 4.69) is 44.3 Å². The maximum atomic E-state index is 13.9. The summed E-state index contributed by atoms with van der Waals surface area (Å²) in [4.78, 5) is 41.9. The molecule has 0 saturated carbocycles. The minimum atomic E-state index is -4.49. The van der Waals surface area contributed by atoms with Gasteiger partial charge in [0.25, 0.3) is 31.8 Å². The second-order valence-corrected chi connectivity index (χ2v) is 20.6. The van der Waals surface area contributed by atoms with Gasteiger partial charge in [0.05, 0.1) is 14.2 Å². The predicted octanol–water partition coefficient (Wildman–Crippen LogP) is 3.92. The van der Waals surface area contributed by atoms with Crippen LogP contribution in [0.3, 0.4) is 0 Å². The van der Waals surface area contributed by atoms with Crippen molar-refractivity contribution in [3.8, 4) is 69.0 Å². The monoisotopic (exact) mass is 1120 g/mol. The molecule has 0 aliphatic carbocycles. The molecule has 79 heavy (non-hydrogen) atoms. The lowest BCUT2D eigenvalue weighted by Gasteiger charge is -2.38. The van der Waals surface area contributed by atoms with E-state index in [0.717, 1.165) is 5.56 Å². The van der Waals surface area contributed by atoms with Crippen molar-refractivity contribution in [3.63, 3.8) is 0 Å². The van der Waals surface area contributed by atoms with Crippen LogP contribution in [-0.4, -0.2) is 128 Å². The molecule has 2 aromatic carbocycles. The van der Waals surface area contributed by atoms with E-state index in [1.807, 2.05) is 0 Å². The molecule has 1 aliphatic rings. The van der Waals surface area contributed by atoms with Gasteiger partial charge >= 0.3 is 5.97 Å². The number of aliphatic hydroxyl groups is 3. The van der Waals surface area contributed by atoms with Crippen molar-refractivity contribution in [1.82, 2.24) is 34.9 Å². The van der Waals surface area contributed by atoms with Gasteiger partial charge in [-0.15, -0.1) is 0 Å². The number of carbonyl (C=O) groups is 1. The Balaban J connectivity index is 0.991. The summed E-state index contributed by atoms with van der Waals surface area (Å²) in [6.45, 7) is 3.67. The number of sulfonamides is 2. The van der Waals surface area contributed by atoms with E-state index < -0.39 is 62.5 Å². The number of aromatic hydroxyl groups is 1. The van der Waals surface area contributed by atoms with Crippen molar-refractivity contribution in [2.24, 2.45) is 0 Å². The van der Waals surface area contributed by atoms with Crippen LogP contribution in [-0.2, 0) is 36.1 Å². The second-order valence-electron chi connectivity index (χ2n) is 17.3. The number of carboxylic acids is 1. The fourth-order valence-corrected chi connectivity index (χ4v) is 9.47. The first-order chi connectivity index (χ1) is 37.8. The van der Waals surface area contributed by atoms with Crippen LogP contribution in [0.4, 0.5) is 11.6 Å². The number of hydrogen-bond donors (Lipinski definition) is 7. The number of hydrogen-bond acceptors (Lipinski definition) is 22. The molecule has 0 spiro atoms. The summed E-state index contributed by atoms with van der Waals surface area (Å²) in [5.41, 5.74) is 2.84. The molecular formula is C51H47N10O16S2+. The number of carboxylic acid groups (broad SMARTS) is 1. The highest BCUT2D eigenvalue weighted by molar-refractivity contribution is 7.93. The van der Waals surface area contributed by atoms with E-state index in [-0.39, 0.29) is 80.3 Å². The number of aliphatic hydroxyl groups excluding tert-OH is 3. The van der Waals surface area contributed by atoms with Gasteiger partial charge in [0.2, 0.25) is 17.8 Å². The summed E-state index contributed by atoms with van der Waals surface area (Å²) in [6, 6.07) is 22.5. The molecule has 1 fully saturated rings. The number of phenols is 1. The van der Waals surface area contributed by atoms with Crippen molar-refractivity contribution in [2.75, 3.05) is 23.7 Å². The van der Waals surface area contributed by atoms with E-state index in [9.17, 15) is 47.2 Å². The summed E-state index contributed by atoms with van der Waals surface area (Å²) >= 11 is 0. The van der Waals surface area contributed by atoms with Gasteiger partial charge in [-0.05, 0) is 79.6 Å². The van der Waals surface area contributed by atoms with Crippen LogP contribution in [0.25, 0.3) is 22.8 Å². The molecule has 0 radical (unpaired) electrons. The maximum absolute atomic E-state index is 13.9. The number of rotatable bonds is 19. The predicted molar refractivity (Wildman–Crippen MR) is 274 cm³/mol. The lowest BCUT2D eigenvalue weighted by molar-refractivity contribution is -0.688. The molecule has 9 rings (SSSR count). The maximum Gasteiger partial charge on any atom is 0.335 e. The Kier molecular flexibility index (Phi) is 15.8. The molecule has 7 heterocycles. The second kappa shape index (κ2) is 22.8. The van der Waals surface area contributed by atoms with E-state index in [4.69, 9.17) is 28.4 Å². The number of nitrogens with zero attached hydrogens (tertiary/aromatic N) is 8. The van der Waals surface area contributed by atoms with Crippen molar-refractivity contribution in [3.05, 3.63) is 145 Å². The number of benzene rings is 2. The smallest absolute Gasteiger partial charge is 0.335 e. The van der Waals surface area contributed by atoms with Crippen LogP contribution >= 0.6 is 0 Å². The number of ether oxygens (including phenoxy) is 6. The Morgan fingerprint density at radius 1 is 0.658 bits per heavy atom. The lowest BCUT2D eigenvalue weighted by atomic mass is 9.99.